The third-order valence-electron chi connectivity index (χ3n) is 2.82. The van der Waals surface area contributed by atoms with Crippen molar-refractivity contribution in [3.8, 4) is 6.07 Å². The first-order valence-electron chi connectivity index (χ1n) is 6.53. The van der Waals surface area contributed by atoms with Gasteiger partial charge in [-0.3, -0.25) is 0 Å². The van der Waals surface area contributed by atoms with E-state index in [-0.39, 0.29) is 6.03 Å². The van der Waals surface area contributed by atoms with Crippen LogP contribution in [-0.2, 0) is 6.54 Å². The van der Waals surface area contributed by atoms with Crippen LogP contribution in [0.1, 0.15) is 11.1 Å². The summed E-state index contributed by atoms with van der Waals surface area (Å²) in [5, 5.41) is 17.4. The lowest BCUT2D eigenvalue weighted by Crippen LogP contribution is -2.19. The first kappa shape index (κ1) is 14.6. The number of nitriles is 1. The van der Waals surface area contributed by atoms with Crippen LogP contribution in [-0.4, -0.2) is 13.1 Å². The van der Waals surface area contributed by atoms with Gasteiger partial charge in [-0.25, -0.2) is 4.79 Å². The Bertz CT molecular complexity index is 676. The molecule has 0 heterocycles. The first-order chi connectivity index (χ1) is 10.2. The van der Waals surface area contributed by atoms with Gasteiger partial charge in [-0.2, -0.15) is 5.26 Å². The van der Waals surface area contributed by atoms with E-state index in [4.69, 9.17) is 5.26 Å². The fourth-order valence-electron chi connectivity index (χ4n) is 1.92. The lowest BCUT2D eigenvalue weighted by molar-refractivity contribution is 0.262. The maximum Gasteiger partial charge on any atom is 0.323 e. The Labute approximate surface area is 123 Å². The number of urea groups is 1. The normalized spacial score (nSPS) is 9.71. The molecule has 2 aromatic rings. The molecule has 2 aromatic carbocycles. The Kier molecular flexibility index (Phi) is 4.91. The standard InChI is InChI=1S/C16H16N4O/c1-18-11-13-5-3-7-15(9-13)20-16(21)19-14-6-2-4-12(8-14)10-17/h2-9,18H,11H2,1H3,(H2,19,20,21). The van der Waals surface area contributed by atoms with Crippen molar-refractivity contribution in [2.24, 2.45) is 0 Å². The van der Waals surface area contributed by atoms with Gasteiger partial charge in [0, 0.05) is 17.9 Å². The summed E-state index contributed by atoms with van der Waals surface area (Å²) < 4.78 is 0. The summed E-state index contributed by atoms with van der Waals surface area (Å²) in [6.07, 6.45) is 0. The van der Waals surface area contributed by atoms with Gasteiger partial charge in [0.15, 0.2) is 0 Å². The van der Waals surface area contributed by atoms with E-state index in [1.54, 1.807) is 24.3 Å². The Morgan fingerprint density at radius 2 is 1.76 bits per heavy atom. The highest BCUT2D eigenvalue weighted by molar-refractivity contribution is 5.99. The summed E-state index contributed by atoms with van der Waals surface area (Å²) >= 11 is 0. The second-order valence-electron chi connectivity index (χ2n) is 4.50. The zero-order valence-corrected chi connectivity index (χ0v) is 11.7. The van der Waals surface area contributed by atoms with Crippen LogP contribution in [0.2, 0.25) is 0 Å². The molecule has 0 aliphatic heterocycles. The van der Waals surface area contributed by atoms with E-state index in [1.807, 2.05) is 37.4 Å². The molecule has 0 unspecified atom stereocenters. The second kappa shape index (κ2) is 7.08. The zero-order chi connectivity index (χ0) is 15.1. The zero-order valence-electron chi connectivity index (χ0n) is 11.7. The summed E-state index contributed by atoms with van der Waals surface area (Å²) in [6.45, 7) is 0.737. The molecule has 0 saturated heterocycles. The van der Waals surface area contributed by atoms with Gasteiger partial charge in [-0.15, -0.1) is 0 Å². The van der Waals surface area contributed by atoms with Crippen LogP contribution in [0.15, 0.2) is 48.5 Å². The molecule has 0 aromatic heterocycles. The smallest absolute Gasteiger partial charge is 0.316 e. The van der Waals surface area contributed by atoms with Gasteiger partial charge in [0.2, 0.25) is 0 Å². The Balaban J connectivity index is 2.01. The molecule has 21 heavy (non-hydrogen) atoms. The number of amides is 2. The number of anilines is 2. The number of benzene rings is 2. The quantitative estimate of drug-likeness (QED) is 0.806. The maximum absolute atomic E-state index is 11.9. The van der Waals surface area contributed by atoms with Crippen molar-refractivity contribution in [2.75, 3.05) is 17.7 Å². The molecule has 0 bridgehead atoms. The number of hydrogen-bond acceptors (Lipinski definition) is 3. The number of carbonyl (C=O) groups is 1. The second-order valence-corrected chi connectivity index (χ2v) is 4.50. The van der Waals surface area contributed by atoms with Crippen molar-refractivity contribution in [3.63, 3.8) is 0 Å². The molecular weight excluding hydrogens is 264 g/mol. The molecular formula is C16H16N4O. The molecule has 0 radical (unpaired) electrons. The molecule has 2 amide bonds. The van der Waals surface area contributed by atoms with Crippen molar-refractivity contribution < 1.29 is 4.79 Å². The van der Waals surface area contributed by atoms with Gasteiger partial charge >= 0.3 is 6.03 Å². The Morgan fingerprint density at radius 1 is 1.10 bits per heavy atom. The summed E-state index contributed by atoms with van der Waals surface area (Å²) in [7, 11) is 1.87. The van der Waals surface area contributed by atoms with Crippen molar-refractivity contribution in [1.29, 1.82) is 5.26 Å². The third kappa shape index (κ3) is 4.34. The van der Waals surface area contributed by atoms with E-state index in [9.17, 15) is 4.79 Å². The highest BCUT2D eigenvalue weighted by Crippen LogP contribution is 2.13. The molecule has 3 N–H and O–H groups in total. The van der Waals surface area contributed by atoms with E-state index >= 15 is 0 Å². The van der Waals surface area contributed by atoms with Crippen molar-refractivity contribution in [1.82, 2.24) is 5.32 Å². The van der Waals surface area contributed by atoms with E-state index in [1.165, 1.54) is 0 Å². The molecule has 5 heteroatoms. The topological polar surface area (TPSA) is 76.9 Å². The van der Waals surface area contributed by atoms with Crippen LogP contribution in [0.25, 0.3) is 0 Å². The molecule has 0 aliphatic rings. The Morgan fingerprint density at radius 3 is 2.43 bits per heavy atom. The lowest BCUT2D eigenvalue weighted by Gasteiger charge is -2.09. The fraction of sp³-hybridized carbons (Fsp3) is 0.125. The largest absolute Gasteiger partial charge is 0.323 e. The molecule has 106 valence electrons. The van der Waals surface area contributed by atoms with Crippen LogP contribution in [0, 0.1) is 11.3 Å². The Hall–Kier alpha value is -2.84. The van der Waals surface area contributed by atoms with Gasteiger partial charge < -0.3 is 16.0 Å². The minimum absolute atomic E-state index is 0.341. The summed E-state index contributed by atoms with van der Waals surface area (Å²) in [5.74, 6) is 0. The number of rotatable bonds is 4. The third-order valence-corrected chi connectivity index (χ3v) is 2.82. The van der Waals surface area contributed by atoms with Gasteiger partial charge in [-0.05, 0) is 42.9 Å². The average molecular weight is 280 g/mol. The van der Waals surface area contributed by atoms with Crippen LogP contribution in [0.4, 0.5) is 16.2 Å². The number of nitrogens with one attached hydrogen (secondary N) is 3. The van der Waals surface area contributed by atoms with E-state index < -0.39 is 0 Å². The maximum atomic E-state index is 11.9. The molecule has 0 saturated carbocycles. The number of hydrogen-bond donors (Lipinski definition) is 3. The first-order valence-corrected chi connectivity index (χ1v) is 6.53. The minimum Gasteiger partial charge on any atom is -0.316 e. The summed E-state index contributed by atoms with van der Waals surface area (Å²) in [5.41, 5.74) is 2.89. The highest BCUT2D eigenvalue weighted by Gasteiger charge is 2.04. The van der Waals surface area contributed by atoms with Gasteiger partial charge in [0.1, 0.15) is 0 Å². The van der Waals surface area contributed by atoms with Crippen LogP contribution in [0.3, 0.4) is 0 Å². The van der Waals surface area contributed by atoms with Crippen molar-refractivity contribution >= 4 is 17.4 Å². The van der Waals surface area contributed by atoms with E-state index in [0.29, 0.717) is 11.3 Å². The van der Waals surface area contributed by atoms with E-state index in [0.717, 1.165) is 17.8 Å². The van der Waals surface area contributed by atoms with Crippen LogP contribution >= 0.6 is 0 Å². The van der Waals surface area contributed by atoms with Crippen molar-refractivity contribution in [2.45, 2.75) is 6.54 Å². The van der Waals surface area contributed by atoms with E-state index in [2.05, 4.69) is 16.0 Å². The van der Waals surface area contributed by atoms with Gasteiger partial charge in [-0.1, -0.05) is 18.2 Å². The highest BCUT2D eigenvalue weighted by atomic mass is 16.2. The number of nitrogens with zero attached hydrogens (tertiary/aromatic N) is 1. The number of carbonyl (C=O) groups excluding carboxylic acids is 1. The molecule has 5 nitrogen and oxygen atoms in total. The summed E-state index contributed by atoms with van der Waals surface area (Å²) in [4.78, 5) is 11.9. The van der Waals surface area contributed by atoms with Crippen molar-refractivity contribution in [3.05, 3.63) is 59.7 Å². The molecule has 0 atom stereocenters. The molecule has 2 rings (SSSR count). The predicted octanol–water partition coefficient (Wildman–Crippen LogP) is 2.92. The van der Waals surface area contributed by atoms with Crippen LogP contribution in [0.5, 0.6) is 0 Å². The van der Waals surface area contributed by atoms with Crippen LogP contribution < -0.4 is 16.0 Å². The minimum atomic E-state index is -0.341. The average Bonchev–Trinajstić information content (AvgIpc) is 2.48. The molecule has 0 spiro atoms. The molecule has 0 fully saturated rings. The molecule has 0 aliphatic carbocycles. The fourth-order valence-corrected chi connectivity index (χ4v) is 1.92. The lowest BCUT2D eigenvalue weighted by atomic mass is 10.2. The predicted molar refractivity (Wildman–Crippen MR) is 83.0 cm³/mol. The summed E-state index contributed by atoms with van der Waals surface area (Å²) in [6, 6.07) is 16.1. The van der Waals surface area contributed by atoms with Gasteiger partial charge in [0.25, 0.3) is 0 Å². The SMILES string of the molecule is CNCc1cccc(NC(=O)Nc2cccc(C#N)c2)c1. The van der Waals surface area contributed by atoms with Gasteiger partial charge in [0.05, 0.1) is 11.6 Å². The monoisotopic (exact) mass is 280 g/mol.